The zero-order valence-electron chi connectivity index (χ0n) is 45.6. The molecule has 3 aromatic carbocycles. The van der Waals surface area contributed by atoms with Crippen LogP contribution in [0.3, 0.4) is 0 Å². The Kier molecular flexibility index (Phi) is 24.5. The molecule has 0 aromatic heterocycles. The standard InChI is InChI=1S/C55H75N9O14/c1-34(2)30-44(62-52(71)46-17-13-29-63(46)36(5)65)48(67)57-32-47(66)59-43(27-20-37-14-10-9-11-15-37)50(69)60-42(16-12-28-56-53(72)78-55(6,7)8)49(68)61-45(31-35(3)4)51(70)58-39-21-18-38(19-22-39)33-76-54(73)77-41-25-23-40(24-26-41)64(74)75/h9-11,14-15,18-19,21-26,34-35,42-46H,12-13,16-17,20,27-33H2,1-8H3,(H,56,72)(H,57,67)(H,58,70)(H,59,66)(H,60,69)(H,61,68)(H,62,71)/t42-,43-,44-,45-,46-/m0/s1. The highest BCUT2D eigenvalue weighted by atomic mass is 16.7. The summed E-state index contributed by atoms with van der Waals surface area (Å²) in [5, 5.41) is 30.0. The number of alkyl carbamates (subject to hydrolysis) is 1. The van der Waals surface area contributed by atoms with Crippen LogP contribution in [0.25, 0.3) is 0 Å². The molecule has 0 saturated carbocycles. The Hall–Kier alpha value is -8.11. The lowest BCUT2D eigenvalue weighted by atomic mass is 10.0. The Morgan fingerprint density at radius 2 is 1.31 bits per heavy atom. The molecule has 3 aromatic rings. The molecule has 1 saturated heterocycles. The first-order valence-electron chi connectivity index (χ1n) is 26.1. The third kappa shape index (κ3) is 22.2. The van der Waals surface area contributed by atoms with Crippen molar-refractivity contribution in [2.75, 3.05) is 25.0 Å². The molecule has 0 aliphatic carbocycles. The van der Waals surface area contributed by atoms with E-state index in [1.807, 2.05) is 58.0 Å². The first-order chi connectivity index (χ1) is 36.9. The number of likely N-dealkylation sites (tertiary alicyclic amines) is 1. The Balaban J connectivity index is 1.47. The predicted octanol–water partition coefficient (Wildman–Crippen LogP) is 5.35. The molecule has 0 unspecified atom stereocenters. The first-order valence-corrected chi connectivity index (χ1v) is 26.1. The van der Waals surface area contributed by atoms with Crippen LogP contribution < -0.4 is 42.0 Å². The maximum absolute atomic E-state index is 14.4. The molecule has 1 fully saturated rings. The van der Waals surface area contributed by atoms with E-state index in [1.165, 1.54) is 36.1 Å². The summed E-state index contributed by atoms with van der Waals surface area (Å²) in [7, 11) is 0. The lowest BCUT2D eigenvalue weighted by molar-refractivity contribution is -0.384. The first kappa shape index (κ1) is 62.4. The van der Waals surface area contributed by atoms with Gasteiger partial charge in [-0.05, 0) is 119 Å². The van der Waals surface area contributed by atoms with Crippen molar-refractivity contribution in [3.63, 3.8) is 0 Å². The quantitative estimate of drug-likeness (QED) is 0.0167. The fraction of sp³-hybridized carbons (Fsp3) is 0.509. The molecule has 424 valence electrons. The third-order valence-electron chi connectivity index (χ3n) is 12.1. The van der Waals surface area contributed by atoms with Crippen LogP contribution in [0, 0.1) is 22.0 Å². The predicted molar refractivity (Wildman–Crippen MR) is 287 cm³/mol. The van der Waals surface area contributed by atoms with Crippen molar-refractivity contribution in [2.45, 2.75) is 149 Å². The number of rotatable bonds is 27. The van der Waals surface area contributed by atoms with E-state index >= 15 is 0 Å². The minimum atomic E-state index is -1.29. The number of nitro benzene ring substituents is 1. The number of nitro groups is 1. The van der Waals surface area contributed by atoms with Crippen LogP contribution in [0.2, 0.25) is 0 Å². The second-order valence-corrected chi connectivity index (χ2v) is 20.8. The molecule has 23 nitrogen and oxygen atoms in total. The number of hydrogen-bond donors (Lipinski definition) is 7. The van der Waals surface area contributed by atoms with Gasteiger partial charge in [0.2, 0.25) is 41.4 Å². The number of carbonyl (C=O) groups excluding carboxylic acids is 9. The van der Waals surface area contributed by atoms with E-state index in [9.17, 15) is 53.3 Å². The van der Waals surface area contributed by atoms with Gasteiger partial charge in [-0.2, -0.15) is 0 Å². The van der Waals surface area contributed by atoms with Crippen LogP contribution in [0.1, 0.15) is 111 Å². The molecule has 1 aliphatic heterocycles. The van der Waals surface area contributed by atoms with Gasteiger partial charge in [0, 0.05) is 37.8 Å². The number of anilines is 1. The summed E-state index contributed by atoms with van der Waals surface area (Å²) in [5.74, 6) is -4.22. The van der Waals surface area contributed by atoms with E-state index in [0.29, 0.717) is 37.1 Å². The van der Waals surface area contributed by atoms with Crippen molar-refractivity contribution in [1.29, 1.82) is 0 Å². The second kappa shape index (κ2) is 30.6. The SMILES string of the molecule is CC(=O)N1CCC[C@H]1C(=O)N[C@@H](CC(C)C)C(=O)NCC(=O)N[C@@H](CCc1ccccc1)C(=O)N[C@@H](CCCNC(=O)OC(C)(C)C)C(=O)N[C@@H](CC(C)C)C(=O)Nc1ccc(COC(=O)Oc2ccc([N+](=O)[O-])cc2)cc1. The number of non-ortho nitro benzene ring substituents is 1. The molecule has 4 rings (SSSR count). The molecular formula is C55H75N9O14. The zero-order chi connectivity index (χ0) is 57.5. The zero-order valence-corrected chi connectivity index (χ0v) is 45.6. The summed E-state index contributed by atoms with van der Waals surface area (Å²) in [6, 6.07) is 15.0. The van der Waals surface area contributed by atoms with Gasteiger partial charge >= 0.3 is 12.2 Å². The van der Waals surface area contributed by atoms with Gasteiger partial charge in [0.25, 0.3) is 5.69 Å². The average molecular weight is 1090 g/mol. The molecule has 78 heavy (non-hydrogen) atoms. The van der Waals surface area contributed by atoms with Crippen molar-refractivity contribution in [3.8, 4) is 5.75 Å². The number of aryl methyl sites for hydroxylation is 1. The van der Waals surface area contributed by atoms with Gasteiger partial charge in [0.1, 0.15) is 48.2 Å². The Morgan fingerprint density at radius 1 is 0.705 bits per heavy atom. The van der Waals surface area contributed by atoms with Crippen molar-refractivity contribution in [2.24, 2.45) is 11.8 Å². The Morgan fingerprint density at radius 3 is 1.90 bits per heavy atom. The van der Waals surface area contributed by atoms with Crippen molar-refractivity contribution >= 4 is 65.0 Å². The molecule has 1 aliphatic rings. The molecule has 0 spiro atoms. The molecule has 0 bridgehead atoms. The van der Waals surface area contributed by atoms with E-state index < -0.39 is 95.0 Å². The van der Waals surface area contributed by atoms with Gasteiger partial charge in [0.15, 0.2) is 0 Å². The molecule has 0 radical (unpaired) electrons. The van der Waals surface area contributed by atoms with Crippen molar-refractivity contribution in [3.05, 3.63) is 100 Å². The van der Waals surface area contributed by atoms with Gasteiger partial charge in [-0.15, -0.1) is 0 Å². The molecule has 7 N–H and O–H groups in total. The highest BCUT2D eigenvalue weighted by Gasteiger charge is 2.35. The fourth-order valence-electron chi connectivity index (χ4n) is 8.29. The van der Waals surface area contributed by atoms with Gasteiger partial charge in [-0.1, -0.05) is 70.2 Å². The number of carbonyl (C=O) groups is 9. The number of nitrogens with one attached hydrogen (secondary N) is 7. The number of benzene rings is 3. The number of ether oxygens (including phenoxy) is 3. The third-order valence-corrected chi connectivity index (χ3v) is 12.1. The van der Waals surface area contributed by atoms with Crippen LogP contribution in [0.4, 0.5) is 21.0 Å². The Bertz CT molecular complexity index is 2540. The maximum atomic E-state index is 14.4. The summed E-state index contributed by atoms with van der Waals surface area (Å²) in [6.45, 7) is 13.7. The highest BCUT2D eigenvalue weighted by Crippen LogP contribution is 2.21. The normalized spacial score (nSPS) is 14.6. The lowest BCUT2D eigenvalue weighted by Gasteiger charge is -2.27. The molecule has 23 heteroatoms. The van der Waals surface area contributed by atoms with E-state index in [-0.39, 0.29) is 74.4 Å². The lowest BCUT2D eigenvalue weighted by Crippen LogP contribution is -2.57. The van der Waals surface area contributed by atoms with Crippen LogP contribution >= 0.6 is 0 Å². The largest absolute Gasteiger partial charge is 0.514 e. The summed E-state index contributed by atoms with van der Waals surface area (Å²) < 4.78 is 15.6. The van der Waals surface area contributed by atoms with Crippen LogP contribution in [-0.2, 0) is 56.1 Å². The van der Waals surface area contributed by atoms with E-state index in [0.717, 1.165) is 5.56 Å². The number of hydrogen-bond acceptors (Lipinski definition) is 14. The van der Waals surface area contributed by atoms with Crippen LogP contribution in [-0.4, -0.2) is 119 Å². The number of amides is 8. The van der Waals surface area contributed by atoms with Crippen LogP contribution in [0.15, 0.2) is 78.9 Å². The Labute approximate surface area is 454 Å². The van der Waals surface area contributed by atoms with Crippen LogP contribution in [0.5, 0.6) is 5.75 Å². The highest BCUT2D eigenvalue weighted by molar-refractivity contribution is 5.99. The van der Waals surface area contributed by atoms with Crippen molar-refractivity contribution < 1.29 is 62.3 Å². The average Bonchev–Trinajstić information content (AvgIpc) is 3.88. The number of nitrogens with zero attached hydrogens (tertiary/aromatic N) is 2. The summed E-state index contributed by atoms with van der Waals surface area (Å²) >= 11 is 0. The van der Waals surface area contributed by atoms with Gasteiger partial charge in [0.05, 0.1) is 11.5 Å². The summed E-state index contributed by atoms with van der Waals surface area (Å²) in [6.07, 6.45) is 0.308. The van der Waals surface area contributed by atoms with E-state index in [4.69, 9.17) is 14.2 Å². The molecule has 1 heterocycles. The van der Waals surface area contributed by atoms with E-state index in [1.54, 1.807) is 45.0 Å². The van der Waals surface area contributed by atoms with Gasteiger partial charge in [-0.25, -0.2) is 9.59 Å². The molecule has 5 atom stereocenters. The topological polar surface area (TPSA) is 312 Å². The summed E-state index contributed by atoms with van der Waals surface area (Å²) in [5.41, 5.74) is 0.772. The smallest absolute Gasteiger partial charge is 0.444 e. The minimum Gasteiger partial charge on any atom is -0.444 e. The second-order valence-electron chi connectivity index (χ2n) is 20.8. The summed E-state index contributed by atoms with van der Waals surface area (Å²) in [4.78, 5) is 132. The van der Waals surface area contributed by atoms with E-state index in [2.05, 4.69) is 37.2 Å². The van der Waals surface area contributed by atoms with Gasteiger partial charge in [-0.3, -0.25) is 43.7 Å². The molecule has 8 amide bonds. The maximum Gasteiger partial charge on any atom is 0.514 e. The fourth-order valence-corrected chi connectivity index (χ4v) is 8.29. The van der Waals surface area contributed by atoms with Crippen molar-refractivity contribution in [1.82, 2.24) is 36.8 Å². The minimum absolute atomic E-state index is 0.0300. The van der Waals surface area contributed by atoms with Gasteiger partial charge < -0.3 is 56.3 Å². The molecular weight excluding hydrogens is 1010 g/mol. The monoisotopic (exact) mass is 1090 g/mol.